The van der Waals surface area contributed by atoms with Crippen LogP contribution in [0.4, 0.5) is 0 Å². The van der Waals surface area contributed by atoms with Gasteiger partial charge in [-0.2, -0.15) is 0 Å². The molecule has 0 aromatic heterocycles. The Morgan fingerprint density at radius 1 is 1.35 bits per heavy atom. The predicted octanol–water partition coefficient (Wildman–Crippen LogP) is 1.59. The lowest BCUT2D eigenvalue weighted by Crippen LogP contribution is -2.58. The number of carbonyl (C=O) groups is 1. The Morgan fingerprint density at radius 2 is 2.10 bits per heavy atom. The lowest BCUT2D eigenvalue weighted by atomic mass is 10.1. The highest BCUT2D eigenvalue weighted by atomic mass is 16.5. The van der Waals surface area contributed by atoms with Gasteiger partial charge < -0.3 is 9.22 Å². The zero-order chi connectivity index (χ0) is 14.4. The van der Waals surface area contributed by atoms with Crippen LogP contribution in [0.1, 0.15) is 19.3 Å². The van der Waals surface area contributed by atoms with Gasteiger partial charge in [0, 0.05) is 25.2 Å². The third-order valence-corrected chi connectivity index (χ3v) is 4.41. The van der Waals surface area contributed by atoms with E-state index in [2.05, 4.69) is 30.2 Å². The maximum atomic E-state index is 11.2. The maximum absolute atomic E-state index is 11.2. The SMILES string of the molecule is COC(=O)CCN1CC[N+](C)(CC2=CCCC=C2)CC1. The van der Waals surface area contributed by atoms with E-state index in [1.807, 2.05) is 0 Å². The van der Waals surface area contributed by atoms with Crippen LogP contribution in [0.25, 0.3) is 0 Å². The van der Waals surface area contributed by atoms with E-state index in [4.69, 9.17) is 4.74 Å². The number of hydrogen-bond acceptors (Lipinski definition) is 3. The molecule has 1 fully saturated rings. The van der Waals surface area contributed by atoms with Gasteiger partial charge in [0.2, 0.25) is 0 Å². The molecule has 1 aliphatic heterocycles. The minimum absolute atomic E-state index is 0.106. The van der Waals surface area contributed by atoms with Gasteiger partial charge in [0.1, 0.15) is 6.54 Å². The van der Waals surface area contributed by atoms with Gasteiger partial charge in [-0.05, 0) is 12.8 Å². The smallest absolute Gasteiger partial charge is 0.306 e. The van der Waals surface area contributed by atoms with Gasteiger partial charge in [-0.15, -0.1) is 0 Å². The highest BCUT2D eigenvalue weighted by Gasteiger charge is 2.29. The molecule has 0 atom stereocenters. The molecule has 1 saturated heterocycles. The van der Waals surface area contributed by atoms with Gasteiger partial charge in [-0.3, -0.25) is 9.69 Å². The summed E-state index contributed by atoms with van der Waals surface area (Å²) in [6.45, 7) is 6.43. The number of piperazine rings is 1. The van der Waals surface area contributed by atoms with Crippen molar-refractivity contribution in [2.45, 2.75) is 19.3 Å². The van der Waals surface area contributed by atoms with Crippen LogP contribution in [-0.2, 0) is 9.53 Å². The van der Waals surface area contributed by atoms with Crippen LogP contribution in [0.3, 0.4) is 0 Å². The zero-order valence-electron chi connectivity index (χ0n) is 12.8. The Balaban J connectivity index is 1.76. The van der Waals surface area contributed by atoms with E-state index in [0.717, 1.165) is 43.8 Å². The fourth-order valence-corrected chi connectivity index (χ4v) is 2.95. The third kappa shape index (κ3) is 4.46. The van der Waals surface area contributed by atoms with Crippen LogP contribution >= 0.6 is 0 Å². The van der Waals surface area contributed by atoms with E-state index in [1.165, 1.54) is 25.5 Å². The Hall–Kier alpha value is -1.13. The average molecular weight is 279 g/mol. The van der Waals surface area contributed by atoms with E-state index in [9.17, 15) is 4.79 Å². The van der Waals surface area contributed by atoms with Crippen molar-refractivity contribution < 1.29 is 14.0 Å². The Bertz CT molecular complexity index is 393. The normalized spacial score (nSPS) is 22.4. The van der Waals surface area contributed by atoms with Crippen LogP contribution in [0.15, 0.2) is 23.8 Å². The fraction of sp³-hybridized carbons (Fsp3) is 0.688. The molecule has 0 amide bonds. The average Bonchev–Trinajstić information content (AvgIpc) is 2.47. The summed E-state index contributed by atoms with van der Waals surface area (Å²) in [4.78, 5) is 13.6. The van der Waals surface area contributed by atoms with Crippen molar-refractivity contribution in [2.75, 3.05) is 53.4 Å². The Labute approximate surface area is 122 Å². The summed E-state index contributed by atoms with van der Waals surface area (Å²) in [5.74, 6) is -0.106. The summed E-state index contributed by atoms with van der Waals surface area (Å²) in [6.07, 6.45) is 9.84. The first-order chi connectivity index (χ1) is 9.61. The number of carbonyl (C=O) groups excluding carboxylic acids is 1. The number of allylic oxidation sites excluding steroid dienone is 2. The molecule has 1 aliphatic carbocycles. The van der Waals surface area contributed by atoms with Gasteiger partial charge in [-0.1, -0.05) is 18.2 Å². The maximum Gasteiger partial charge on any atom is 0.306 e. The van der Waals surface area contributed by atoms with Crippen LogP contribution < -0.4 is 0 Å². The molecule has 0 spiro atoms. The number of ether oxygens (including phenoxy) is 1. The molecule has 112 valence electrons. The van der Waals surface area contributed by atoms with E-state index in [1.54, 1.807) is 0 Å². The number of methoxy groups -OCH3 is 1. The summed E-state index contributed by atoms with van der Waals surface area (Å²) in [7, 11) is 3.80. The van der Waals surface area contributed by atoms with Crippen molar-refractivity contribution in [3.05, 3.63) is 23.8 Å². The molecule has 4 nitrogen and oxygen atoms in total. The molecule has 2 rings (SSSR count). The quantitative estimate of drug-likeness (QED) is 0.565. The molecule has 0 N–H and O–H groups in total. The lowest BCUT2D eigenvalue weighted by molar-refractivity contribution is -0.909. The molecule has 0 aromatic carbocycles. The summed E-state index contributed by atoms with van der Waals surface area (Å²) in [5, 5.41) is 0. The summed E-state index contributed by atoms with van der Waals surface area (Å²) in [5.41, 5.74) is 1.49. The molecular formula is C16H27N2O2+. The lowest BCUT2D eigenvalue weighted by Gasteiger charge is -2.42. The Kier molecular flexibility index (Phi) is 5.38. The molecule has 0 saturated carbocycles. The number of esters is 1. The van der Waals surface area contributed by atoms with E-state index >= 15 is 0 Å². The zero-order valence-corrected chi connectivity index (χ0v) is 12.8. The van der Waals surface area contributed by atoms with Crippen LogP contribution in [0.2, 0.25) is 0 Å². The first-order valence-electron chi connectivity index (χ1n) is 7.60. The molecule has 2 aliphatic rings. The van der Waals surface area contributed by atoms with Crippen LogP contribution in [-0.4, -0.2) is 68.8 Å². The highest BCUT2D eigenvalue weighted by molar-refractivity contribution is 5.69. The molecule has 0 radical (unpaired) electrons. The van der Waals surface area contributed by atoms with Crippen molar-refractivity contribution in [1.82, 2.24) is 4.90 Å². The number of quaternary nitrogens is 1. The van der Waals surface area contributed by atoms with Crippen LogP contribution in [0, 0.1) is 0 Å². The van der Waals surface area contributed by atoms with Crippen molar-refractivity contribution in [3.63, 3.8) is 0 Å². The Morgan fingerprint density at radius 3 is 2.70 bits per heavy atom. The highest BCUT2D eigenvalue weighted by Crippen LogP contribution is 2.17. The fourth-order valence-electron chi connectivity index (χ4n) is 2.95. The molecule has 0 unspecified atom stereocenters. The number of hydrogen-bond donors (Lipinski definition) is 0. The third-order valence-electron chi connectivity index (χ3n) is 4.41. The van der Waals surface area contributed by atoms with E-state index in [-0.39, 0.29) is 5.97 Å². The van der Waals surface area contributed by atoms with Crippen molar-refractivity contribution in [3.8, 4) is 0 Å². The number of nitrogens with zero attached hydrogens (tertiary/aromatic N) is 2. The topological polar surface area (TPSA) is 29.5 Å². The molecule has 1 heterocycles. The summed E-state index contributed by atoms with van der Waals surface area (Å²) < 4.78 is 5.81. The summed E-state index contributed by atoms with van der Waals surface area (Å²) in [6, 6.07) is 0. The van der Waals surface area contributed by atoms with Crippen molar-refractivity contribution in [2.24, 2.45) is 0 Å². The predicted molar refractivity (Wildman–Crippen MR) is 80.3 cm³/mol. The van der Waals surface area contributed by atoms with Gasteiger partial charge in [-0.25, -0.2) is 0 Å². The first-order valence-corrected chi connectivity index (χ1v) is 7.60. The minimum atomic E-state index is -0.106. The van der Waals surface area contributed by atoms with Gasteiger partial charge >= 0.3 is 5.97 Å². The number of likely N-dealkylation sites (N-methyl/N-ethyl adjacent to an activating group) is 1. The molecule has 20 heavy (non-hydrogen) atoms. The largest absolute Gasteiger partial charge is 0.469 e. The van der Waals surface area contributed by atoms with Gasteiger partial charge in [0.25, 0.3) is 0 Å². The second-order valence-corrected chi connectivity index (χ2v) is 6.15. The van der Waals surface area contributed by atoms with Gasteiger partial charge in [0.15, 0.2) is 0 Å². The molecule has 4 heteroatoms. The summed E-state index contributed by atoms with van der Waals surface area (Å²) >= 11 is 0. The molecule has 0 aromatic rings. The van der Waals surface area contributed by atoms with Gasteiger partial charge in [0.05, 0.1) is 33.7 Å². The second-order valence-electron chi connectivity index (χ2n) is 6.15. The molecule has 0 bridgehead atoms. The molecular weight excluding hydrogens is 252 g/mol. The number of rotatable bonds is 5. The monoisotopic (exact) mass is 279 g/mol. The van der Waals surface area contributed by atoms with E-state index in [0.29, 0.717) is 6.42 Å². The van der Waals surface area contributed by atoms with Crippen LogP contribution in [0.5, 0.6) is 0 Å². The van der Waals surface area contributed by atoms with Crippen molar-refractivity contribution >= 4 is 5.97 Å². The second kappa shape index (κ2) is 7.04. The standard InChI is InChI=1S/C16H27N2O2/c1-18(14-15-6-4-3-5-7-15)12-10-17(11-13-18)9-8-16(19)20-2/h4,6-7H,3,5,8-14H2,1-2H3/q+1. The first kappa shape index (κ1) is 15.3. The van der Waals surface area contributed by atoms with E-state index < -0.39 is 0 Å². The van der Waals surface area contributed by atoms with Crippen molar-refractivity contribution in [1.29, 1.82) is 0 Å². The minimum Gasteiger partial charge on any atom is -0.469 e.